The zero-order valence-corrected chi connectivity index (χ0v) is 7.39. The average molecular weight is 164 g/mol. The summed E-state index contributed by atoms with van der Waals surface area (Å²) in [6, 6.07) is 1.85. The molecule has 0 N–H and O–H groups in total. The molecule has 0 fully saturated rings. The SMILES string of the molecule is Cc1cc2c(o1)C(C)CCC2=O. The predicted octanol–water partition coefficient (Wildman–Crippen LogP) is 2.67. The molecule has 0 saturated carbocycles. The fraction of sp³-hybridized carbons (Fsp3) is 0.500. The number of carbonyl (C=O) groups excluding carboxylic acids is 1. The molecule has 0 spiro atoms. The Labute approximate surface area is 71.6 Å². The summed E-state index contributed by atoms with van der Waals surface area (Å²) in [6.07, 6.45) is 1.60. The van der Waals surface area contributed by atoms with Crippen LogP contribution in [-0.2, 0) is 0 Å². The van der Waals surface area contributed by atoms with Crippen molar-refractivity contribution in [3.8, 4) is 0 Å². The van der Waals surface area contributed by atoms with E-state index >= 15 is 0 Å². The Kier molecular flexibility index (Phi) is 1.56. The molecule has 0 amide bonds. The smallest absolute Gasteiger partial charge is 0.166 e. The van der Waals surface area contributed by atoms with Gasteiger partial charge in [-0.1, -0.05) is 6.92 Å². The summed E-state index contributed by atoms with van der Waals surface area (Å²) in [5.41, 5.74) is 0.811. The Morgan fingerprint density at radius 1 is 1.58 bits per heavy atom. The molecule has 0 aromatic carbocycles. The molecule has 1 aromatic heterocycles. The molecular weight excluding hydrogens is 152 g/mol. The summed E-state index contributed by atoms with van der Waals surface area (Å²) in [7, 11) is 0. The summed E-state index contributed by atoms with van der Waals surface area (Å²) in [5, 5.41) is 0. The van der Waals surface area contributed by atoms with Crippen molar-refractivity contribution < 1.29 is 9.21 Å². The summed E-state index contributed by atoms with van der Waals surface area (Å²) in [5.74, 6) is 2.39. The van der Waals surface area contributed by atoms with Crippen LogP contribution in [0.15, 0.2) is 10.5 Å². The number of carbonyl (C=O) groups is 1. The van der Waals surface area contributed by atoms with Gasteiger partial charge in [0.05, 0.1) is 5.56 Å². The number of Topliss-reactive ketones (excluding diaryl/α,β-unsaturated/α-hetero) is 1. The molecule has 1 heterocycles. The second-order valence-corrected chi connectivity index (χ2v) is 3.50. The van der Waals surface area contributed by atoms with Crippen molar-refractivity contribution in [2.75, 3.05) is 0 Å². The Morgan fingerprint density at radius 3 is 3.00 bits per heavy atom. The van der Waals surface area contributed by atoms with E-state index in [0.29, 0.717) is 12.3 Å². The minimum absolute atomic E-state index is 0.236. The van der Waals surface area contributed by atoms with Crippen LogP contribution in [0.4, 0.5) is 0 Å². The maximum absolute atomic E-state index is 11.4. The van der Waals surface area contributed by atoms with Gasteiger partial charge in [0.1, 0.15) is 11.5 Å². The van der Waals surface area contributed by atoms with Gasteiger partial charge in [-0.3, -0.25) is 4.79 Å². The third-order valence-corrected chi connectivity index (χ3v) is 2.44. The van der Waals surface area contributed by atoms with Gasteiger partial charge in [0.25, 0.3) is 0 Å². The molecule has 12 heavy (non-hydrogen) atoms. The Balaban J connectivity index is 2.54. The minimum Gasteiger partial charge on any atom is -0.465 e. The molecule has 64 valence electrons. The lowest BCUT2D eigenvalue weighted by molar-refractivity contribution is 0.0964. The predicted molar refractivity (Wildman–Crippen MR) is 45.4 cm³/mol. The van der Waals surface area contributed by atoms with Crippen molar-refractivity contribution in [1.29, 1.82) is 0 Å². The van der Waals surface area contributed by atoms with Crippen LogP contribution in [0.2, 0.25) is 0 Å². The normalized spacial score (nSPS) is 22.5. The monoisotopic (exact) mass is 164 g/mol. The molecule has 2 heteroatoms. The molecular formula is C10H12O2. The van der Waals surface area contributed by atoms with E-state index in [1.165, 1.54) is 0 Å². The second-order valence-electron chi connectivity index (χ2n) is 3.50. The molecule has 1 aliphatic carbocycles. The maximum Gasteiger partial charge on any atom is 0.166 e. The van der Waals surface area contributed by atoms with Crippen molar-refractivity contribution in [3.05, 3.63) is 23.2 Å². The van der Waals surface area contributed by atoms with Crippen molar-refractivity contribution in [2.24, 2.45) is 0 Å². The number of hydrogen-bond donors (Lipinski definition) is 0. The lowest BCUT2D eigenvalue weighted by Crippen LogP contribution is -2.10. The molecule has 1 aromatic rings. The molecule has 1 aliphatic rings. The molecule has 2 nitrogen and oxygen atoms in total. The van der Waals surface area contributed by atoms with Gasteiger partial charge in [-0.05, 0) is 19.4 Å². The van der Waals surface area contributed by atoms with Gasteiger partial charge in [-0.25, -0.2) is 0 Å². The molecule has 2 rings (SSSR count). The van der Waals surface area contributed by atoms with Crippen LogP contribution in [0.25, 0.3) is 0 Å². The highest BCUT2D eigenvalue weighted by Crippen LogP contribution is 2.32. The molecule has 0 saturated heterocycles. The highest BCUT2D eigenvalue weighted by Gasteiger charge is 2.26. The van der Waals surface area contributed by atoms with E-state index in [1.54, 1.807) is 0 Å². The van der Waals surface area contributed by atoms with Crippen LogP contribution < -0.4 is 0 Å². The Hall–Kier alpha value is -1.05. The third kappa shape index (κ3) is 0.986. The zero-order chi connectivity index (χ0) is 8.72. The summed E-state index contributed by atoms with van der Waals surface area (Å²) < 4.78 is 5.47. The van der Waals surface area contributed by atoms with E-state index in [9.17, 15) is 4.79 Å². The van der Waals surface area contributed by atoms with Crippen molar-refractivity contribution in [2.45, 2.75) is 32.6 Å². The first-order valence-electron chi connectivity index (χ1n) is 4.32. The second kappa shape index (κ2) is 2.47. The summed E-state index contributed by atoms with van der Waals surface area (Å²) >= 11 is 0. The Bertz CT molecular complexity index is 323. The fourth-order valence-corrected chi connectivity index (χ4v) is 1.73. The van der Waals surface area contributed by atoms with Gasteiger partial charge in [0.2, 0.25) is 0 Å². The van der Waals surface area contributed by atoms with Gasteiger partial charge in [0.15, 0.2) is 5.78 Å². The van der Waals surface area contributed by atoms with Crippen LogP contribution in [0.1, 0.15) is 47.6 Å². The van der Waals surface area contributed by atoms with Gasteiger partial charge < -0.3 is 4.42 Å². The number of hydrogen-bond acceptors (Lipinski definition) is 2. The molecule has 1 atom stereocenters. The van der Waals surface area contributed by atoms with Crippen LogP contribution in [0.5, 0.6) is 0 Å². The Morgan fingerprint density at radius 2 is 2.33 bits per heavy atom. The van der Waals surface area contributed by atoms with Gasteiger partial charge in [0, 0.05) is 12.3 Å². The van der Waals surface area contributed by atoms with Crippen molar-refractivity contribution >= 4 is 5.78 Å². The third-order valence-electron chi connectivity index (χ3n) is 2.44. The van der Waals surface area contributed by atoms with Gasteiger partial charge in [-0.2, -0.15) is 0 Å². The van der Waals surface area contributed by atoms with Crippen LogP contribution in [-0.4, -0.2) is 5.78 Å². The van der Waals surface area contributed by atoms with Crippen molar-refractivity contribution in [1.82, 2.24) is 0 Å². The quantitative estimate of drug-likeness (QED) is 0.590. The van der Waals surface area contributed by atoms with Crippen LogP contribution in [0, 0.1) is 6.92 Å². The lowest BCUT2D eigenvalue weighted by Gasteiger charge is -2.14. The largest absolute Gasteiger partial charge is 0.465 e. The fourth-order valence-electron chi connectivity index (χ4n) is 1.73. The van der Waals surface area contributed by atoms with E-state index in [4.69, 9.17) is 4.42 Å². The lowest BCUT2D eigenvalue weighted by atomic mass is 9.89. The standard InChI is InChI=1S/C10H12O2/c1-6-3-4-9(11)8-5-7(2)12-10(6)8/h5-6H,3-4H2,1-2H3. The summed E-state index contributed by atoms with van der Waals surface area (Å²) in [4.78, 5) is 11.4. The van der Waals surface area contributed by atoms with Crippen LogP contribution >= 0.6 is 0 Å². The minimum atomic E-state index is 0.236. The van der Waals surface area contributed by atoms with E-state index < -0.39 is 0 Å². The summed E-state index contributed by atoms with van der Waals surface area (Å²) in [6.45, 7) is 3.99. The number of ketones is 1. The number of rotatable bonds is 0. The van der Waals surface area contributed by atoms with E-state index in [1.807, 2.05) is 13.0 Å². The molecule has 0 radical (unpaired) electrons. The van der Waals surface area contributed by atoms with E-state index in [-0.39, 0.29) is 5.78 Å². The first-order valence-corrected chi connectivity index (χ1v) is 4.32. The van der Waals surface area contributed by atoms with Gasteiger partial charge >= 0.3 is 0 Å². The molecule has 0 bridgehead atoms. The zero-order valence-electron chi connectivity index (χ0n) is 7.39. The molecule has 0 aliphatic heterocycles. The van der Waals surface area contributed by atoms with E-state index in [2.05, 4.69) is 6.92 Å². The van der Waals surface area contributed by atoms with Crippen molar-refractivity contribution in [3.63, 3.8) is 0 Å². The average Bonchev–Trinajstić information content (AvgIpc) is 2.41. The highest BCUT2D eigenvalue weighted by atomic mass is 16.3. The number of aryl methyl sites for hydroxylation is 1. The maximum atomic E-state index is 11.4. The van der Waals surface area contributed by atoms with Gasteiger partial charge in [-0.15, -0.1) is 0 Å². The highest BCUT2D eigenvalue weighted by molar-refractivity contribution is 5.98. The number of fused-ring (bicyclic) bond motifs is 1. The first-order chi connectivity index (χ1) is 5.68. The first kappa shape index (κ1) is 7.59. The topological polar surface area (TPSA) is 30.2 Å². The number of furan rings is 1. The molecule has 1 unspecified atom stereocenters. The van der Waals surface area contributed by atoms with Crippen LogP contribution in [0.3, 0.4) is 0 Å². The van der Waals surface area contributed by atoms with E-state index in [0.717, 1.165) is 23.5 Å².